The summed E-state index contributed by atoms with van der Waals surface area (Å²) >= 11 is 1.67. The lowest BCUT2D eigenvalue weighted by Crippen LogP contribution is -1.98. The molecule has 0 amide bonds. The zero-order valence-electron chi connectivity index (χ0n) is 7.92. The quantitative estimate of drug-likeness (QED) is 0.834. The molecule has 4 heteroatoms. The van der Waals surface area contributed by atoms with Crippen molar-refractivity contribution in [3.8, 4) is 0 Å². The van der Waals surface area contributed by atoms with E-state index in [0.717, 1.165) is 5.56 Å². The number of aliphatic hydroxyl groups excluding tert-OH is 1. The standard InChI is InChI=1S/C10H12N2OS/c1-12-7-8(6-11-12)10(13)5-9-3-2-4-14-9/h2-4,6-7,10,13H,5H2,1H3. The van der Waals surface area contributed by atoms with Crippen LogP contribution in [-0.4, -0.2) is 14.9 Å². The second kappa shape index (κ2) is 3.94. The van der Waals surface area contributed by atoms with Crippen LogP contribution in [0.15, 0.2) is 29.9 Å². The van der Waals surface area contributed by atoms with Gasteiger partial charge in [-0.3, -0.25) is 4.68 Å². The van der Waals surface area contributed by atoms with Crippen LogP contribution in [0.5, 0.6) is 0 Å². The van der Waals surface area contributed by atoms with Crippen molar-refractivity contribution in [1.82, 2.24) is 9.78 Å². The molecule has 0 aliphatic rings. The van der Waals surface area contributed by atoms with Crippen molar-refractivity contribution in [3.63, 3.8) is 0 Å². The third kappa shape index (κ3) is 2.02. The van der Waals surface area contributed by atoms with Crippen LogP contribution in [0.2, 0.25) is 0 Å². The fourth-order valence-corrected chi connectivity index (χ4v) is 2.09. The van der Waals surface area contributed by atoms with E-state index in [0.29, 0.717) is 6.42 Å². The van der Waals surface area contributed by atoms with Gasteiger partial charge >= 0.3 is 0 Å². The summed E-state index contributed by atoms with van der Waals surface area (Å²) in [6, 6.07) is 4.03. The molecule has 14 heavy (non-hydrogen) atoms. The molecule has 0 aliphatic heterocycles. The molecule has 74 valence electrons. The SMILES string of the molecule is Cn1cc(C(O)Cc2cccs2)cn1. The van der Waals surface area contributed by atoms with Gasteiger partial charge in [-0.1, -0.05) is 6.07 Å². The van der Waals surface area contributed by atoms with Gasteiger partial charge in [0.2, 0.25) is 0 Å². The predicted molar refractivity (Wildman–Crippen MR) is 56.2 cm³/mol. The summed E-state index contributed by atoms with van der Waals surface area (Å²) in [4.78, 5) is 1.20. The van der Waals surface area contributed by atoms with Gasteiger partial charge in [0, 0.05) is 30.1 Å². The first kappa shape index (κ1) is 9.43. The molecule has 1 N–H and O–H groups in total. The number of aryl methyl sites for hydroxylation is 1. The van der Waals surface area contributed by atoms with E-state index in [2.05, 4.69) is 5.10 Å². The molecule has 1 atom stereocenters. The highest BCUT2D eigenvalue weighted by molar-refractivity contribution is 7.09. The molecule has 0 bridgehead atoms. The molecule has 0 radical (unpaired) electrons. The molecule has 0 aliphatic carbocycles. The van der Waals surface area contributed by atoms with Crippen LogP contribution in [0.4, 0.5) is 0 Å². The zero-order valence-corrected chi connectivity index (χ0v) is 8.74. The van der Waals surface area contributed by atoms with Gasteiger partial charge in [0.1, 0.15) is 0 Å². The highest BCUT2D eigenvalue weighted by Crippen LogP contribution is 2.20. The lowest BCUT2D eigenvalue weighted by molar-refractivity contribution is 0.179. The first-order chi connectivity index (χ1) is 6.75. The van der Waals surface area contributed by atoms with Crippen molar-refractivity contribution >= 4 is 11.3 Å². The van der Waals surface area contributed by atoms with Crippen molar-refractivity contribution in [2.45, 2.75) is 12.5 Å². The molecular weight excluding hydrogens is 196 g/mol. The van der Waals surface area contributed by atoms with Crippen molar-refractivity contribution in [1.29, 1.82) is 0 Å². The number of rotatable bonds is 3. The highest BCUT2D eigenvalue weighted by Gasteiger charge is 2.10. The maximum Gasteiger partial charge on any atom is 0.0868 e. The van der Waals surface area contributed by atoms with Crippen LogP contribution in [0.25, 0.3) is 0 Å². The topological polar surface area (TPSA) is 38.0 Å². The molecule has 3 nitrogen and oxygen atoms in total. The third-order valence-corrected chi connectivity index (χ3v) is 2.98. The first-order valence-electron chi connectivity index (χ1n) is 4.44. The van der Waals surface area contributed by atoms with E-state index in [1.165, 1.54) is 4.88 Å². The van der Waals surface area contributed by atoms with Gasteiger partial charge in [0.25, 0.3) is 0 Å². The van der Waals surface area contributed by atoms with E-state index in [-0.39, 0.29) is 0 Å². The van der Waals surface area contributed by atoms with Crippen LogP contribution in [0.1, 0.15) is 16.5 Å². The number of thiophene rings is 1. The summed E-state index contributed by atoms with van der Waals surface area (Å²) in [6.45, 7) is 0. The zero-order chi connectivity index (χ0) is 9.97. The molecule has 2 rings (SSSR count). The molecule has 2 heterocycles. The Labute approximate surface area is 86.6 Å². The Kier molecular flexibility index (Phi) is 2.65. The Balaban J connectivity index is 2.06. The largest absolute Gasteiger partial charge is 0.388 e. The van der Waals surface area contributed by atoms with E-state index in [1.54, 1.807) is 22.2 Å². The Morgan fingerprint density at radius 1 is 1.64 bits per heavy atom. The predicted octanol–water partition coefficient (Wildman–Crippen LogP) is 1.76. The molecular formula is C10H12N2OS. The van der Waals surface area contributed by atoms with E-state index >= 15 is 0 Å². The Hall–Kier alpha value is -1.13. The molecule has 2 aromatic heterocycles. The van der Waals surface area contributed by atoms with E-state index in [1.807, 2.05) is 30.8 Å². The van der Waals surface area contributed by atoms with Gasteiger partial charge in [-0.25, -0.2) is 0 Å². The van der Waals surface area contributed by atoms with Gasteiger partial charge < -0.3 is 5.11 Å². The van der Waals surface area contributed by atoms with Crippen LogP contribution in [0, 0.1) is 0 Å². The number of nitrogens with zero attached hydrogens (tertiary/aromatic N) is 2. The van der Waals surface area contributed by atoms with E-state index in [4.69, 9.17) is 0 Å². The second-order valence-corrected chi connectivity index (χ2v) is 4.28. The molecule has 2 aromatic rings. The minimum atomic E-state index is -0.442. The first-order valence-corrected chi connectivity index (χ1v) is 5.32. The summed E-state index contributed by atoms with van der Waals surface area (Å²) in [5.41, 5.74) is 0.876. The van der Waals surface area contributed by atoms with Gasteiger partial charge in [-0.05, 0) is 11.4 Å². The summed E-state index contributed by atoms with van der Waals surface area (Å²) in [5, 5.41) is 15.9. The van der Waals surface area contributed by atoms with Gasteiger partial charge in [-0.15, -0.1) is 11.3 Å². The smallest absolute Gasteiger partial charge is 0.0868 e. The molecule has 0 spiro atoms. The van der Waals surface area contributed by atoms with E-state index in [9.17, 15) is 5.11 Å². The Bertz CT molecular complexity index is 394. The Morgan fingerprint density at radius 2 is 2.50 bits per heavy atom. The average Bonchev–Trinajstić information content (AvgIpc) is 2.75. The molecule has 1 unspecified atom stereocenters. The van der Waals surface area contributed by atoms with Gasteiger partial charge in [0.15, 0.2) is 0 Å². The number of aromatic nitrogens is 2. The minimum absolute atomic E-state index is 0.442. The normalized spacial score (nSPS) is 13.0. The third-order valence-electron chi connectivity index (χ3n) is 2.08. The number of aliphatic hydroxyl groups is 1. The van der Waals surface area contributed by atoms with E-state index < -0.39 is 6.10 Å². The van der Waals surface area contributed by atoms with Gasteiger partial charge in [-0.2, -0.15) is 5.10 Å². The van der Waals surface area contributed by atoms with Gasteiger partial charge in [0.05, 0.1) is 12.3 Å². The molecule has 0 saturated heterocycles. The monoisotopic (exact) mass is 208 g/mol. The van der Waals surface area contributed by atoms with Crippen LogP contribution < -0.4 is 0 Å². The summed E-state index contributed by atoms with van der Waals surface area (Å²) in [7, 11) is 1.85. The maximum atomic E-state index is 9.86. The number of hydrogen-bond acceptors (Lipinski definition) is 3. The average molecular weight is 208 g/mol. The summed E-state index contributed by atoms with van der Waals surface area (Å²) in [6.07, 6.45) is 3.78. The van der Waals surface area contributed by atoms with Crippen molar-refractivity contribution in [2.75, 3.05) is 0 Å². The van der Waals surface area contributed by atoms with Crippen LogP contribution in [0.3, 0.4) is 0 Å². The van der Waals surface area contributed by atoms with Crippen LogP contribution in [-0.2, 0) is 13.5 Å². The highest BCUT2D eigenvalue weighted by atomic mass is 32.1. The Morgan fingerprint density at radius 3 is 3.07 bits per heavy atom. The van der Waals surface area contributed by atoms with Crippen molar-refractivity contribution in [3.05, 3.63) is 40.3 Å². The summed E-state index contributed by atoms with van der Waals surface area (Å²) in [5.74, 6) is 0. The fraction of sp³-hybridized carbons (Fsp3) is 0.300. The number of hydrogen-bond donors (Lipinski definition) is 1. The molecule has 0 aromatic carbocycles. The molecule has 0 fully saturated rings. The van der Waals surface area contributed by atoms with Crippen molar-refractivity contribution in [2.24, 2.45) is 7.05 Å². The molecule has 0 saturated carbocycles. The summed E-state index contributed by atoms with van der Waals surface area (Å²) < 4.78 is 1.70. The second-order valence-electron chi connectivity index (χ2n) is 3.25. The van der Waals surface area contributed by atoms with Crippen molar-refractivity contribution < 1.29 is 5.11 Å². The lowest BCUT2D eigenvalue weighted by atomic mass is 10.1. The maximum absolute atomic E-state index is 9.86. The van der Waals surface area contributed by atoms with Crippen LogP contribution >= 0.6 is 11.3 Å². The lowest BCUT2D eigenvalue weighted by Gasteiger charge is -2.05. The minimum Gasteiger partial charge on any atom is -0.388 e. The fourth-order valence-electron chi connectivity index (χ4n) is 1.35.